The molecule has 1 aromatic rings. The van der Waals surface area contributed by atoms with Gasteiger partial charge in [0.25, 0.3) is 0 Å². The van der Waals surface area contributed by atoms with Crippen LogP contribution in [0.2, 0.25) is 0 Å². The standard InChI is InChI=1S/C9H11BrN2S/c10-6-7-11-9(13)12-8-4-2-1-3-5-8/h1-5H,6-7H2,(H2,11,12,13). The Hall–Kier alpha value is -0.610. The van der Waals surface area contributed by atoms with E-state index in [4.69, 9.17) is 12.2 Å². The Kier molecular flexibility index (Phi) is 4.78. The molecule has 70 valence electrons. The Labute approximate surface area is 91.9 Å². The van der Waals surface area contributed by atoms with E-state index >= 15 is 0 Å². The molecule has 0 saturated heterocycles. The average molecular weight is 259 g/mol. The van der Waals surface area contributed by atoms with E-state index in [1.165, 1.54) is 0 Å². The van der Waals surface area contributed by atoms with E-state index in [1.54, 1.807) is 0 Å². The summed E-state index contributed by atoms with van der Waals surface area (Å²) in [6, 6.07) is 9.86. The van der Waals surface area contributed by atoms with E-state index in [2.05, 4.69) is 26.6 Å². The van der Waals surface area contributed by atoms with Crippen LogP contribution in [0.5, 0.6) is 0 Å². The maximum absolute atomic E-state index is 5.06. The van der Waals surface area contributed by atoms with Crippen molar-refractivity contribution in [3.8, 4) is 0 Å². The van der Waals surface area contributed by atoms with Gasteiger partial charge in [-0.1, -0.05) is 34.1 Å². The predicted molar refractivity (Wildman–Crippen MR) is 64.5 cm³/mol. The molecular formula is C9H11BrN2S. The number of hydrogen-bond donors (Lipinski definition) is 2. The molecule has 0 fully saturated rings. The van der Waals surface area contributed by atoms with Crippen LogP contribution >= 0.6 is 28.1 Å². The quantitative estimate of drug-likeness (QED) is 0.643. The lowest BCUT2D eigenvalue weighted by Gasteiger charge is -2.08. The number of rotatable bonds is 3. The zero-order valence-electron chi connectivity index (χ0n) is 7.09. The van der Waals surface area contributed by atoms with Crippen LogP contribution in [0.15, 0.2) is 30.3 Å². The number of anilines is 1. The average Bonchev–Trinajstić information content (AvgIpc) is 2.16. The zero-order valence-corrected chi connectivity index (χ0v) is 9.49. The highest BCUT2D eigenvalue weighted by Gasteiger charge is 1.93. The second-order valence-corrected chi connectivity index (χ2v) is 3.64. The second kappa shape index (κ2) is 5.94. The van der Waals surface area contributed by atoms with Crippen LogP contribution in [0.25, 0.3) is 0 Å². The Morgan fingerprint density at radius 3 is 2.62 bits per heavy atom. The Balaban J connectivity index is 2.37. The number of alkyl halides is 1. The lowest BCUT2D eigenvalue weighted by Crippen LogP contribution is -2.29. The molecule has 0 radical (unpaired) electrons. The maximum atomic E-state index is 5.06. The highest BCUT2D eigenvalue weighted by Crippen LogP contribution is 2.03. The molecule has 0 spiro atoms. The molecule has 0 saturated carbocycles. The van der Waals surface area contributed by atoms with Crippen molar-refractivity contribution >= 4 is 38.9 Å². The fourth-order valence-corrected chi connectivity index (χ4v) is 1.28. The summed E-state index contributed by atoms with van der Waals surface area (Å²) < 4.78 is 0. The normalized spacial score (nSPS) is 9.31. The van der Waals surface area contributed by atoms with Crippen LogP contribution in [-0.2, 0) is 0 Å². The molecule has 13 heavy (non-hydrogen) atoms. The molecule has 2 nitrogen and oxygen atoms in total. The molecule has 0 atom stereocenters. The van der Waals surface area contributed by atoms with Crippen molar-refractivity contribution in [1.29, 1.82) is 0 Å². The molecule has 0 aromatic heterocycles. The van der Waals surface area contributed by atoms with Gasteiger partial charge in [0.1, 0.15) is 0 Å². The van der Waals surface area contributed by atoms with Crippen molar-refractivity contribution in [2.75, 3.05) is 17.2 Å². The number of benzene rings is 1. The molecule has 0 aliphatic carbocycles. The van der Waals surface area contributed by atoms with Crippen LogP contribution in [-0.4, -0.2) is 17.0 Å². The summed E-state index contributed by atoms with van der Waals surface area (Å²) in [5.41, 5.74) is 1.01. The van der Waals surface area contributed by atoms with Crippen LogP contribution in [0.3, 0.4) is 0 Å². The lowest BCUT2D eigenvalue weighted by molar-refractivity contribution is 0.997. The minimum atomic E-state index is 0.658. The highest BCUT2D eigenvalue weighted by atomic mass is 79.9. The van der Waals surface area contributed by atoms with Crippen molar-refractivity contribution in [2.45, 2.75) is 0 Å². The van der Waals surface area contributed by atoms with Gasteiger partial charge < -0.3 is 10.6 Å². The molecule has 0 heterocycles. The summed E-state index contributed by atoms with van der Waals surface area (Å²) in [6.45, 7) is 0.832. The number of para-hydroxylation sites is 1. The zero-order chi connectivity index (χ0) is 9.52. The van der Waals surface area contributed by atoms with Gasteiger partial charge in [0.05, 0.1) is 0 Å². The second-order valence-electron chi connectivity index (χ2n) is 2.44. The van der Waals surface area contributed by atoms with Gasteiger partial charge in [-0.15, -0.1) is 0 Å². The number of halogens is 1. The first kappa shape index (κ1) is 10.5. The van der Waals surface area contributed by atoms with E-state index in [0.717, 1.165) is 17.6 Å². The molecule has 0 unspecified atom stereocenters. The van der Waals surface area contributed by atoms with Crippen molar-refractivity contribution in [1.82, 2.24) is 5.32 Å². The topological polar surface area (TPSA) is 24.1 Å². The summed E-state index contributed by atoms with van der Waals surface area (Å²) in [5, 5.41) is 7.68. The third kappa shape index (κ3) is 4.24. The summed E-state index contributed by atoms with van der Waals surface area (Å²) >= 11 is 8.37. The van der Waals surface area contributed by atoms with E-state index < -0.39 is 0 Å². The maximum Gasteiger partial charge on any atom is 0.170 e. The third-order valence-electron chi connectivity index (χ3n) is 1.41. The van der Waals surface area contributed by atoms with E-state index in [0.29, 0.717) is 5.11 Å². The Morgan fingerprint density at radius 1 is 1.31 bits per heavy atom. The Bertz CT molecular complexity index is 264. The monoisotopic (exact) mass is 258 g/mol. The number of hydrogen-bond acceptors (Lipinski definition) is 1. The SMILES string of the molecule is S=C(NCCBr)Nc1ccccc1. The molecule has 2 N–H and O–H groups in total. The minimum absolute atomic E-state index is 0.658. The largest absolute Gasteiger partial charge is 0.362 e. The van der Waals surface area contributed by atoms with Crippen molar-refractivity contribution < 1.29 is 0 Å². The van der Waals surface area contributed by atoms with Crippen LogP contribution in [0, 0.1) is 0 Å². The lowest BCUT2D eigenvalue weighted by atomic mass is 10.3. The molecule has 0 bridgehead atoms. The number of nitrogens with one attached hydrogen (secondary N) is 2. The van der Waals surface area contributed by atoms with Gasteiger partial charge >= 0.3 is 0 Å². The van der Waals surface area contributed by atoms with Gasteiger partial charge in [-0.3, -0.25) is 0 Å². The summed E-state index contributed by atoms with van der Waals surface area (Å²) in [7, 11) is 0. The molecular weight excluding hydrogens is 248 g/mol. The van der Waals surface area contributed by atoms with E-state index in [9.17, 15) is 0 Å². The molecule has 1 aromatic carbocycles. The van der Waals surface area contributed by atoms with Crippen molar-refractivity contribution in [2.24, 2.45) is 0 Å². The van der Waals surface area contributed by atoms with Crippen molar-refractivity contribution in [3.63, 3.8) is 0 Å². The fraction of sp³-hybridized carbons (Fsp3) is 0.222. The first-order chi connectivity index (χ1) is 6.33. The van der Waals surface area contributed by atoms with Crippen LogP contribution < -0.4 is 10.6 Å². The van der Waals surface area contributed by atoms with E-state index in [-0.39, 0.29) is 0 Å². The van der Waals surface area contributed by atoms with E-state index in [1.807, 2.05) is 30.3 Å². The molecule has 0 aliphatic rings. The van der Waals surface area contributed by atoms with Crippen LogP contribution in [0.4, 0.5) is 5.69 Å². The molecule has 1 rings (SSSR count). The van der Waals surface area contributed by atoms with Gasteiger partial charge in [0, 0.05) is 17.6 Å². The third-order valence-corrected chi connectivity index (χ3v) is 2.05. The predicted octanol–water partition coefficient (Wildman–Crippen LogP) is 2.37. The van der Waals surface area contributed by atoms with Crippen LogP contribution in [0.1, 0.15) is 0 Å². The van der Waals surface area contributed by atoms with Crippen molar-refractivity contribution in [3.05, 3.63) is 30.3 Å². The smallest absolute Gasteiger partial charge is 0.170 e. The molecule has 0 amide bonds. The molecule has 0 aliphatic heterocycles. The minimum Gasteiger partial charge on any atom is -0.362 e. The summed E-state index contributed by atoms with van der Waals surface area (Å²) in [5.74, 6) is 0. The highest BCUT2D eigenvalue weighted by molar-refractivity contribution is 9.09. The first-order valence-corrected chi connectivity index (χ1v) is 5.52. The van der Waals surface area contributed by atoms with Gasteiger partial charge in [0.2, 0.25) is 0 Å². The van der Waals surface area contributed by atoms with Gasteiger partial charge in [-0.25, -0.2) is 0 Å². The van der Waals surface area contributed by atoms with Gasteiger partial charge in [0.15, 0.2) is 5.11 Å². The van der Waals surface area contributed by atoms with Gasteiger partial charge in [-0.2, -0.15) is 0 Å². The fourth-order valence-electron chi connectivity index (χ4n) is 0.858. The Morgan fingerprint density at radius 2 is 2.00 bits per heavy atom. The molecule has 4 heteroatoms. The summed E-state index contributed by atoms with van der Waals surface area (Å²) in [6.07, 6.45) is 0. The number of thiocarbonyl (C=S) groups is 1. The van der Waals surface area contributed by atoms with Gasteiger partial charge in [-0.05, 0) is 24.4 Å². The first-order valence-electron chi connectivity index (χ1n) is 3.99. The summed E-state index contributed by atoms with van der Waals surface area (Å²) in [4.78, 5) is 0.